The second kappa shape index (κ2) is 12.0. The molecule has 0 radical (unpaired) electrons. The van der Waals surface area contributed by atoms with Crippen LogP contribution in [0, 0.1) is 17.2 Å². The highest BCUT2D eigenvalue weighted by atomic mass is 35.5. The van der Waals surface area contributed by atoms with Crippen molar-refractivity contribution in [2.45, 2.75) is 70.6 Å². The van der Waals surface area contributed by atoms with E-state index in [0.717, 1.165) is 25.7 Å². The first-order chi connectivity index (χ1) is 22.1. The van der Waals surface area contributed by atoms with Gasteiger partial charge in [-0.05, 0) is 85.9 Å². The summed E-state index contributed by atoms with van der Waals surface area (Å²) in [5, 5.41) is 23.7. The van der Waals surface area contributed by atoms with Crippen molar-refractivity contribution in [3.05, 3.63) is 46.9 Å². The molecule has 0 bridgehead atoms. The molecule has 2 aliphatic carbocycles. The minimum Gasteiger partial charge on any atom is -0.508 e. The molecule has 7 rings (SSSR count). The lowest BCUT2D eigenvalue weighted by molar-refractivity contribution is -0.0123. The van der Waals surface area contributed by atoms with Gasteiger partial charge in [0.25, 0.3) is 0 Å². The molecule has 2 N–H and O–H groups in total. The van der Waals surface area contributed by atoms with E-state index < -0.39 is 11.8 Å². The van der Waals surface area contributed by atoms with E-state index in [1.807, 2.05) is 11.8 Å². The van der Waals surface area contributed by atoms with E-state index in [0.29, 0.717) is 89.3 Å². The number of aromatic hydroxyl groups is 1. The molecule has 11 heteroatoms. The Bertz CT molecular complexity index is 1810. The van der Waals surface area contributed by atoms with Gasteiger partial charge in [-0.2, -0.15) is 9.97 Å². The van der Waals surface area contributed by atoms with Gasteiger partial charge in [0, 0.05) is 23.7 Å². The number of phenols is 1. The molecule has 4 atom stereocenters. The lowest BCUT2D eigenvalue weighted by atomic mass is 9.68. The van der Waals surface area contributed by atoms with Gasteiger partial charge < -0.3 is 24.6 Å². The van der Waals surface area contributed by atoms with E-state index in [1.54, 1.807) is 31.3 Å². The van der Waals surface area contributed by atoms with E-state index >= 15 is 4.39 Å². The molecular formula is C35H39ClF2N4O4. The smallest absolute Gasteiger partial charge is 0.319 e. The number of β-amino-alcohol motifs (C(OH)–C–C–N with tert-alkyl or cyclic N) is 1. The third-order valence-corrected chi connectivity index (χ3v) is 10.6. The summed E-state index contributed by atoms with van der Waals surface area (Å²) in [6, 6.07) is 6.27. The van der Waals surface area contributed by atoms with Gasteiger partial charge in [0.05, 0.1) is 42.5 Å². The maximum Gasteiger partial charge on any atom is 0.319 e. The summed E-state index contributed by atoms with van der Waals surface area (Å²) >= 11 is 7.17. The van der Waals surface area contributed by atoms with Crippen LogP contribution in [-0.4, -0.2) is 69.8 Å². The molecule has 1 saturated heterocycles. The fraction of sp³-hybridized carbons (Fsp3) is 0.514. The molecule has 0 amide bonds. The molecule has 2 aromatic carbocycles. The molecule has 2 saturated carbocycles. The summed E-state index contributed by atoms with van der Waals surface area (Å²) in [7, 11) is 0. The van der Waals surface area contributed by atoms with Gasteiger partial charge in [0.2, 0.25) is 0 Å². The lowest BCUT2D eigenvalue weighted by Gasteiger charge is -2.40. The third kappa shape index (κ3) is 5.62. The van der Waals surface area contributed by atoms with Crippen molar-refractivity contribution >= 4 is 39.1 Å². The van der Waals surface area contributed by atoms with Gasteiger partial charge in [0.1, 0.15) is 34.7 Å². The Morgan fingerprint density at radius 3 is 2.87 bits per heavy atom. The Morgan fingerprint density at radius 2 is 2.04 bits per heavy atom. The number of aromatic nitrogens is 3. The molecule has 4 aromatic rings. The standard InChI is InChI=1S/C35H39ClF2N4O4/c1-3-24-27(38)9-6-20-13-23(43)14-25(28(20)24)30-29(36)31-26(16-39-30)32(42-11-12-45-18-34(2,44)17-42)41-33(40-31)46-19-35-10-4-5-21(35)7-8-22(37)15-35/h6,9,13-14,16,21-22,43-44H,3-5,7-8,10-12,15,17-19H2,1-2H3/t21?,22-,34-,35-/m0/s1. The number of halogens is 3. The van der Waals surface area contributed by atoms with E-state index in [1.165, 1.54) is 6.07 Å². The molecule has 8 nitrogen and oxygen atoms in total. The summed E-state index contributed by atoms with van der Waals surface area (Å²) < 4.78 is 41.8. The molecule has 1 aliphatic heterocycles. The van der Waals surface area contributed by atoms with Crippen molar-refractivity contribution in [1.29, 1.82) is 0 Å². The molecule has 244 valence electrons. The highest BCUT2D eigenvalue weighted by Gasteiger charge is 2.48. The largest absolute Gasteiger partial charge is 0.508 e. The van der Waals surface area contributed by atoms with Crippen molar-refractivity contribution < 1.29 is 28.5 Å². The first-order valence-electron chi connectivity index (χ1n) is 16.2. The molecule has 3 aliphatic rings. The Hall–Kier alpha value is -3.34. The topological polar surface area (TPSA) is 101 Å². The average Bonchev–Trinajstić information content (AvgIpc) is 3.35. The quantitative estimate of drug-likeness (QED) is 0.226. The second-order valence-electron chi connectivity index (χ2n) is 13.6. The summed E-state index contributed by atoms with van der Waals surface area (Å²) in [6.07, 6.45) is 6.15. The maximum absolute atomic E-state index is 15.0. The van der Waals surface area contributed by atoms with Crippen LogP contribution in [0.1, 0.15) is 57.9 Å². The van der Waals surface area contributed by atoms with Crippen molar-refractivity contribution in [2.75, 3.05) is 37.8 Å². The number of anilines is 1. The van der Waals surface area contributed by atoms with Crippen LogP contribution in [0.15, 0.2) is 30.5 Å². The summed E-state index contributed by atoms with van der Waals surface area (Å²) in [5.74, 6) is 0.541. The van der Waals surface area contributed by atoms with E-state index in [-0.39, 0.29) is 41.2 Å². The Balaban J connectivity index is 1.38. The van der Waals surface area contributed by atoms with Gasteiger partial charge in [-0.15, -0.1) is 0 Å². The Kier molecular flexibility index (Phi) is 8.18. The zero-order chi connectivity index (χ0) is 32.2. The van der Waals surface area contributed by atoms with Gasteiger partial charge >= 0.3 is 6.01 Å². The van der Waals surface area contributed by atoms with Crippen LogP contribution in [-0.2, 0) is 11.2 Å². The van der Waals surface area contributed by atoms with Crippen molar-refractivity contribution in [1.82, 2.24) is 15.0 Å². The van der Waals surface area contributed by atoms with Crippen molar-refractivity contribution in [3.8, 4) is 23.0 Å². The van der Waals surface area contributed by atoms with Crippen LogP contribution >= 0.6 is 11.6 Å². The van der Waals surface area contributed by atoms with Crippen LogP contribution in [0.25, 0.3) is 32.9 Å². The summed E-state index contributed by atoms with van der Waals surface area (Å²) in [6.45, 7) is 5.13. The zero-order valence-corrected chi connectivity index (χ0v) is 26.9. The van der Waals surface area contributed by atoms with Crippen molar-refractivity contribution in [3.63, 3.8) is 0 Å². The number of benzene rings is 2. The normalized spacial score (nSPS) is 26.8. The molecule has 3 fully saturated rings. The third-order valence-electron chi connectivity index (χ3n) is 10.2. The van der Waals surface area contributed by atoms with Crippen LogP contribution in [0.5, 0.6) is 11.8 Å². The fourth-order valence-electron chi connectivity index (χ4n) is 8.04. The molecule has 0 spiro atoms. The number of alkyl halides is 1. The highest BCUT2D eigenvalue weighted by molar-refractivity contribution is 6.38. The van der Waals surface area contributed by atoms with Crippen LogP contribution in [0.2, 0.25) is 5.02 Å². The maximum atomic E-state index is 15.0. The number of hydrogen-bond donors (Lipinski definition) is 2. The SMILES string of the molecule is CCc1c(F)ccc2cc(O)cc(-c3ncc4c(N5CCOC[C@@](C)(O)C5)nc(OC[C@@]56CCCC5CC[C@H](F)C6)nc4c3Cl)c12. The first kappa shape index (κ1) is 31.3. The van der Waals surface area contributed by atoms with Crippen molar-refractivity contribution in [2.24, 2.45) is 11.3 Å². The number of fused-ring (bicyclic) bond motifs is 3. The highest BCUT2D eigenvalue weighted by Crippen LogP contribution is 2.53. The van der Waals surface area contributed by atoms with E-state index in [9.17, 15) is 14.6 Å². The number of pyridine rings is 1. The summed E-state index contributed by atoms with van der Waals surface area (Å²) in [5.41, 5.74) is 0.282. The predicted molar refractivity (Wildman–Crippen MR) is 174 cm³/mol. The van der Waals surface area contributed by atoms with Crippen LogP contribution in [0.3, 0.4) is 0 Å². The number of ether oxygens (including phenoxy) is 2. The minimum absolute atomic E-state index is 0.00246. The lowest BCUT2D eigenvalue weighted by Crippen LogP contribution is -2.42. The van der Waals surface area contributed by atoms with Crippen LogP contribution < -0.4 is 9.64 Å². The number of aryl methyl sites for hydroxylation is 1. The summed E-state index contributed by atoms with van der Waals surface area (Å²) in [4.78, 5) is 16.3. The number of rotatable bonds is 6. The molecule has 2 aromatic heterocycles. The first-order valence-corrected chi connectivity index (χ1v) is 16.6. The van der Waals surface area contributed by atoms with Crippen LogP contribution in [0.4, 0.5) is 14.6 Å². The zero-order valence-electron chi connectivity index (χ0n) is 26.2. The Morgan fingerprint density at radius 1 is 1.20 bits per heavy atom. The molecule has 1 unspecified atom stereocenters. The number of nitrogens with zero attached hydrogens (tertiary/aromatic N) is 4. The molecule has 3 heterocycles. The minimum atomic E-state index is -1.14. The Labute approximate surface area is 271 Å². The molecule has 46 heavy (non-hydrogen) atoms. The van der Waals surface area contributed by atoms with Gasteiger partial charge in [-0.3, -0.25) is 4.98 Å². The predicted octanol–water partition coefficient (Wildman–Crippen LogP) is 7.18. The number of hydrogen-bond acceptors (Lipinski definition) is 8. The number of aliphatic hydroxyl groups is 1. The van der Waals surface area contributed by atoms with Gasteiger partial charge in [-0.25, -0.2) is 8.78 Å². The average molecular weight is 653 g/mol. The fourth-order valence-corrected chi connectivity index (χ4v) is 8.34. The van der Waals surface area contributed by atoms with E-state index in [4.69, 9.17) is 36.0 Å². The number of phenolic OH excluding ortho intramolecular Hbond substituents is 1. The van der Waals surface area contributed by atoms with Gasteiger partial charge in [0.15, 0.2) is 0 Å². The van der Waals surface area contributed by atoms with Gasteiger partial charge in [-0.1, -0.05) is 31.0 Å². The monoisotopic (exact) mass is 652 g/mol. The second-order valence-corrected chi connectivity index (χ2v) is 14.0. The molecular weight excluding hydrogens is 614 g/mol. The van der Waals surface area contributed by atoms with E-state index in [2.05, 4.69) is 0 Å².